The lowest BCUT2D eigenvalue weighted by Crippen LogP contribution is -2.27. The first kappa shape index (κ1) is 12.7. The Bertz CT molecular complexity index is 424. The zero-order valence-corrected chi connectivity index (χ0v) is 9.54. The van der Waals surface area contributed by atoms with E-state index in [9.17, 15) is 22.7 Å². The van der Waals surface area contributed by atoms with E-state index < -0.39 is 23.2 Å². The number of halogens is 4. The Labute approximate surface area is 99.8 Å². The molecule has 0 saturated carbocycles. The molecule has 1 heterocycles. The molecular weight excluding hydrogens is 256 g/mol. The van der Waals surface area contributed by atoms with Crippen molar-refractivity contribution in [1.82, 2.24) is 0 Å². The average molecular weight is 266 g/mol. The van der Waals surface area contributed by atoms with Crippen molar-refractivity contribution in [2.75, 3.05) is 11.5 Å². The van der Waals surface area contributed by atoms with E-state index in [1.165, 1.54) is 17.8 Å². The molecular formula is C11H10F4OS. The first-order chi connectivity index (χ1) is 7.84. The van der Waals surface area contributed by atoms with E-state index in [0.717, 1.165) is 6.07 Å². The maximum atomic E-state index is 13.8. The van der Waals surface area contributed by atoms with Crippen LogP contribution in [0.25, 0.3) is 0 Å². The summed E-state index contributed by atoms with van der Waals surface area (Å²) in [5.41, 5.74) is -3.05. The van der Waals surface area contributed by atoms with Crippen molar-refractivity contribution >= 4 is 11.8 Å². The van der Waals surface area contributed by atoms with Crippen LogP contribution in [0, 0.1) is 5.82 Å². The molecule has 2 rings (SSSR count). The minimum absolute atomic E-state index is 0.227. The Kier molecular flexibility index (Phi) is 3.12. The highest BCUT2D eigenvalue weighted by atomic mass is 32.2. The van der Waals surface area contributed by atoms with E-state index in [2.05, 4.69) is 0 Å². The minimum atomic E-state index is -4.73. The Morgan fingerprint density at radius 2 is 2.00 bits per heavy atom. The van der Waals surface area contributed by atoms with Gasteiger partial charge in [-0.3, -0.25) is 0 Å². The lowest BCUT2D eigenvalue weighted by molar-refractivity contribution is -0.140. The SMILES string of the molecule is OC1(c2cccc(C(F)(F)F)c2F)CCSC1. The van der Waals surface area contributed by atoms with Gasteiger partial charge in [0, 0.05) is 11.3 Å². The fourth-order valence-corrected chi connectivity index (χ4v) is 3.14. The molecule has 1 nitrogen and oxygen atoms in total. The maximum absolute atomic E-state index is 13.8. The van der Waals surface area contributed by atoms with Gasteiger partial charge in [-0.05, 0) is 18.2 Å². The van der Waals surface area contributed by atoms with Gasteiger partial charge in [0.2, 0.25) is 0 Å². The van der Waals surface area contributed by atoms with Gasteiger partial charge in [-0.15, -0.1) is 0 Å². The summed E-state index contributed by atoms with van der Waals surface area (Å²) in [5, 5.41) is 10.1. The molecule has 0 aromatic heterocycles. The standard InChI is InChI=1S/C11H10F4OS/c12-9-7(10(16)4-5-17-6-10)2-1-3-8(9)11(13,14)15/h1-3,16H,4-6H2. The number of thioether (sulfide) groups is 1. The van der Waals surface area contributed by atoms with Gasteiger partial charge in [0.05, 0.1) is 5.56 Å². The zero-order valence-electron chi connectivity index (χ0n) is 8.72. The van der Waals surface area contributed by atoms with Crippen molar-refractivity contribution in [2.24, 2.45) is 0 Å². The van der Waals surface area contributed by atoms with E-state index in [1.54, 1.807) is 0 Å². The lowest BCUT2D eigenvalue weighted by Gasteiger charge is -2.23. The number of alkyl halides is 3. The van der Waals surface area contributed by atoms with Crippen LogP contribution in [-0.4, -0.2) is 16.6 Å². The summed E-state index contributed by atoms with van der Waals surface area (Å²) in [6.07, 6.45) is -4.46. The van der Waals surface area contributed by atoms with Gasteiger partial charge in [-0.1, -0.05) is 12.1 Å². The predicted molar refractivity (Wildman–Crippen MR) is 57.2 cm³/mol. The topological polar surface area (TPSA) is 20.2 Å². The van der Waals surface area contributed by atoms with Crippen LogP contribution in [0.4, 0.5) is 17.6 Å². The molecule has 1 atom stereocenters. The molecule has 0 bridgehead atoms. The molecule has 17 heavy (non-hydrogen) atoms. The third-order valence-electron chi connectivity index (χ3n) is 2.81. The predicted octanol–water partition coefficient (Wildman–Crippen LogP) is 3.17. The number of aliphatic hydroxyl groups is 1. The minimum Gasteiger partial charge on any atom is -0.384 e. The molecule has 1 aliphatic rings. The highest BCUT2D eigenvalue weighted by Crippen LogP contribution is 2.41. The molecule has 0 spiro atoms. The van der Waals surface area contributed by atoms with Gasteiger partial charge in [0.25, 0.3) is 0 Å². The van der Waals surface area contributed by atoms with E-state index in [0.29, 0.717) is 11.8 Å². The summed E-state index contributed by atoms with van der Waals surface area (Å²) in [5.74, 6) is -0.512. The number of benzene rings is 1. The third kappa shape index (κ3) is 2.28. The molecule has 0 aliphatic carbocycles. The van der Waals surface area contributed by atoms with Gasteiger partial charge in [-0.2, -0.15) is 24.9 Å². The van der Waals surface area contributed by atoms with Gasteiger partial charge in [0.1, 0.15) is 11.4 Å². The molecule has 1 aromatic rings. The number of rotatable bonds is 1. The Balaban J connectivity index is 2.49. The van der Waals surface area contributed by atoms with Crippen molar-refractivity contribution in [3.05, 3.63) is 35.1 Å². The third-order valence-corrected chi connectivity index (χ3v) is 3.98. The fourth-order valence-electron chi connectivity index (χ4n) is 1.88. The maximum Gasteiger partial charge on any atom is 0.419 e. The van der Waals surface area contributed by atoms with Crippen LogP contribution < -0.4 is 0 Å². The number of hydrogen-bond acceptors (Lipinski definition) is 2. The molecule has 1 aliphatic heterocycles. The second-order valence-corrected chi connectivity index (χ2v) is 5.10. The Morgan fingerprint density at radius 1 is 1.29 bits per heavy atom. The molecule has 1 N–H and O–H groups in total. The summed E-state index contributed by atoms with van der Waals surface area (Å²) in [6.45, 7) is 0. The average Bonchev–Trinajstić information content (AvgIpc) is 2.64. The largest absolute Gasteiger partial charge is 0.419 e. The van der Waals surface area contributed by atoms with E-state index in [-0.39, 0.29) is 17.7 Å². The first-order valence-corrected chi connectivity index (χ1v) is 6.16. The van der Waals surface area contributed by atoms with Crippen LogP contribution in [0.1, 0.15) is 17.5 Å². The highest BCUT2D eigenvalue weighted by Gasteiger charge is 2.41. The molecule has 6 heteroatoms. The smallest absolute Gasteiger partial charge is 0.384 e. The molecule has 1 unspecified atom stereocenters. The molecule has 1 fully saturated rings. The van der Waals surface area contributed by atoms with Crippen LogP contribution in [0.2, 0.25) is 0 Å². The Morgan fingerprint density at radius 3 is 2.53 bits per heavy atom. The molecule has 0 amide bonds. The first-order valence-electron chi connectivity index (χ1n) is 5.01. The monoisotopic (exact) mass is 266 g/mol. The second kappa shape index (κ2) is 4.17. The van der Waals surface area contributed by atoms with Crippen molar-refractivity contribution in [3.8, 4) is 0 Å². The van der Waals surface area contributed by atoms with Gasteiger partial charge < -0.3 is 5.11 Å². The van der Waals surface area contributed by atoms with Crippen LogP contribution >= 0.6 is 11.8 Å². The van der Waals surface area contributed by atoms with Crippen LogP contribution in [0.3, 0.4) is 0 Å². The summed E-state index contributed by atoms with van der Waals surface area (Å²) in [4.78, 5) is 0. The molecule has 94 valence electrons. The molecule has 0 radical (unpaired) electrons. The quantitative estimate of drug-likeness (QED) is 0.788. The van der Waals surface area contributed by atoms with Gasteiger partial charge in [-0.25, -0.2) is 4.39 Å². The normalized spacial score (nSPS) is 25.2. The van der Waals surface area contributed by atoms with Gasteiger partial charge in [0.15, 0.2) is 0 Å². The summed E-state index contributed by atoms with van der Waals surface area (Å²) in [7, 11) is 0. The Hall–Kier alpha value is -0.750. The second-order valence-electron chi connectivity index (χ2n) is 4.00. The van der Waals surface area contributed by atoms with Crippen molar-refractivity contribution < 1.29 is 22.7 Å². The summed E-state index contributed by atoms with van der Waals surface area (Å²) >= 11 is 1.40. The van der Waals surface area contributed by atoms with Crippen LogP contribution in [-0.2, 0) is 11.8 Å². The van der Waals surface area contributed by atoms with Crippen molar-refractivity contribution in [3.63, 3.8) is 0 Å². The lowest BCUT2D eigenvalue weighted by atomic mass is 9.91. The van der Waals surface area contributed by atoms with E-state index in [1.807, 2.05) is 0 Å². The van der Waals surface area contributed by atoms with Crippen LogP contribution in [0.15, 0.2) is 18.2 Å². The highest BCUT2D eigenvalue weighted by molar-refractivity contribution is 7.99. The number of hydrogen-bond donors (Lipinski definition) is 1. The van der Waals surface area contributed by atoms with E-state index in [4.69, 9.17) is 0 Å². The van der Waals surface area contributed by atoms with Crippen molar-refractivity contribution in [2.45, 2.75) is 18.2 Å². The van der Waals surface area contributed by atoms with Crippen LogP contribution in [0.5, 0.6) is 0 Å². The van der Waals surface area contributed by atoms with Gasteiger partial charge >= 0.3 is 6.18 Å². The summed E-state index contributed by atoms with van der Waals surface area (Å²) in [6, 6.07) is 3.03. The zero-order chi connectivity index (χ0) is 12.7. The molecule has 1 saturated heterocycles. The fraction of sp³-hybridized carbons (Fsp3) is 0.455. The summed E-state index contributed by atoms with van der Waals surface area (Å²) < 4.78 is 51.3. The van der Waals surface area contributed by atoms with E-state index >= 15 is 0 Å². The van der Waals surface area contributed by atoms with Crippen molar-refractivity contribution in [1.29, 1.82) is 0 Å². The molecule has 1 aromatic carbocycles.